The zero-order chi connectivity index (χ0) is 14.1. The number of Topliss-reactive ketones (excluding diaryl/α,β-unsaturated/α-hetero) is 1. The van der Waals surface area contributed by atoms with Gasteiger partial charge in [-0.25, -0.2) is 0 Å². The molecular weight excluding hydrogens is 264 g/mol. The predicted molar refractivity (Wildman–Crippen MR) is 60.0 cm³/mol. The van der Waals surface area contributed by atoms with Crippen LogP contribution in [0.5, 0.6) is 17.2 Å². The number of hydrogen-bond donors (Lipinski definition) is 3. The van der Waals surface area contributed by atoms with Gasteiger partial charge in [-0.05, 0) is 0 Å². The maximum atomic E-state index is 10.9. The number of allylic oxidation sites excluding steroid dienone is 1. The summed E-state index contributed by atoms with van der Waals surface area (Å²) in [6.07, 6.45) is 0. The molecule has 0 aliphatic heterocycles. The second-order valence-electron chi connectivity index (χ2n) is 3.35. The third kappa shape index (κ3) is 2.99. The van der Waals surface area contributed by atoms with Crippen LogP contribution in [0.4, 0.5) is 0 Å². The number of ketones is 1. The molecule has 0 bridgehead atoms. The third-order valence-electron chi connectivity index (χ3n) is 1.94. The molecule has 3 N–H and O–H groups in total. The van der Waals surface area contributed by atoms with Crippen LogP contribution in [0.15, 0.2) is 29.4 Å². The van der Waals surface area contributed by atoms with E-state index in [4.69, 9.17) is 9.29 Å². The molecule has 0 saturated heterocycles. The average Bonchev–Trinajstić information content (AvgIpc) is 2.21. The normalized spacial score (nSPS) is 11.0. The van der Waals surface area contributed by atoms with Crippen LogP contribution in [0.2, 0.25) is 0 Å². The molecule has 0 amide bonds. The Morgan fingerprint density at radius 1 is 1.33 bits per heavy atom. The van der Waals surface area contributed by atoms with Gasteiger partial charge in [0.2, 0.25) is 0 Å². The first kappa shape index (κ1) is 14.0. The fraction of sp³-hybridized carbons (Fsp3) is 0.100. The molecule has 0 unspecified atom stereocenters. The van der Waals surface area contributed by atoms with Crippen molar-refractivity contribution in [1.29, 1.82) is 0 Å². The van der Waals surface area contributed by atoms with Crippen molar-refractivity contribution in [2.75, 3.05) is 0 Å². The summed E-state index contributed by atoms with van der Waals surface area (Å²) in [6.45, 7) is 4.44. The Bertz CT molecular complexity index is 615. The second-order valence-corrected chi connectivity index (χ2v) is 4.74. The predicted octanol–water partition coefficient (Wildman–Crippen LogP) is 0.826. The van der Waals surface area contributed by atoms with Gasteiger partial charge in [-0.15, -0.1) is 0 Å². The molecular formula is C10H10O7S. The van der Waals surface area contributed by atoms with Gasteiger partial charge in [0.25, 0.3) is 10.1 Å². The highest BCUT2D eigenvalue weighted by Crippen LogP contribution is 2.36. The van der Waals surface area contributed by atoms with Gasteiger partial charge in [-0.1, -0.05) is 6.58 Å². The molecule has 0 aliphatic rings. The zero-order valence-corrected chi connectivity index (χ0v) is 10.1. The van der Waals surface area contributed by atoms with E-state index in [-0.39, 0.29) is 11.5 Å². The van der Waals surface area contributed by atoms with E-state index in [2.05, 4.69) is 6.58 Å². The molecule has 1 aromatic carbocycles. The van der Waals surface area contributed by atoms with E-state index in [1.807, 2.05) is 0 Å². The summed E-state index contributed by atoms with van der Waals surface area (Å²) in [7, 11) is -4.74. The first-order chi connectivity index (χ1) is 8.12. The number of ether oxygens (including phenoxy) is 1. The third-order valence-corrected chi connectivity index (χ3v) is 2.81. The number of carbonyl (C=O) groups is 1. The Kier molecular flexibility index (Phi) is 3.63. The standard InChI is InChI=1S/C10H10O7S/c1-5(11)6(2)17-7-3-8(12)10(13)9(4-7)18(14,15)16/h3-4,12-13H,2H2,1H3,(H,14,15,16). The van der Waals surface area contributed by atoms with Crippen molar-refractivity contribution >= 4 is 15.9 Å². The lowest BCUT2D eigenvalue weighted by Crippen LogP contribution is -2.04. The summed E-state index contributed by atoms with van der Waals surface area (Å²) >= 11 is 0. The summed E-state index contributed by atoms with van der Waals surface area (Å²) in [5.41, 5.74) is 0. The minimum absolute atomic E-state index is 0.266. The number of benzene rings is 1. The largest absolute Gasteiger partial charge is 0.504 e. The van der Waals surface area contributed by atoms with Gasteiger partial charge in [-0.3, -0.25) is 9.35 Å². The Morgan fingerprint density at radius 3 is 2.33 bits per heavy atom. The SMILES string of the molecule is C=C(Oc1cc(O)c(O)c(S(=O)(=O)O)c1)C(C)=O. The van der Waals surface area contributed by atoms with Crippen LogP contribution in [0.25, 0.3) is 0 Å². The summed E-state index contributed by atoms with van der Waals surface area (Å²) < 4.78 is 35.5. The van der Waals surface area contributed by atoms with Crippen molar-refractivity contribution in [3.05, 3.63) is 24.5 Å². The first-order valence-corrected chi connectivity index (χ1v) is 5.98. The van der Waals surface area contributed by atoms with E-state index in [0.29, 0.717) is 0 Å². The fourth-order valence-corrected chi connectivity index (χ4v) is 1.65. The van der Waals surface area contributed by atoms with Crippen LogP contribution in [0.3, 0.4) is 0 Å². The lowest BCUT2D eigenvalue weighted by Gasteiger charge is -2.09. The zero-order valence-electron chi connectivity index (χ0n) is 9.24. The lowest BCUT2D eigenvalue weighted by atomic mass is 10.3. The molecule has 0 radical (unpaired) electrons. The van der Waals surface area contributed by atoms with Crippen molar-refractivity contribution < 1.29 is 32.7 Å². The van der Waals surface area contributed by atoms with E-state index in [9.17, 15) is 23.4 Å². The van der Waals surface area contributed by atoms with Gasteiger partial charge in [0.05, 0.1) is 0 Å². The van der Waals surface area contributed by atoms with E-state index >= 15 is 0 Å². The first-order valence-electron chi connectivity index (χ1n) is 4.54. The van der Waals surface area contributed by atoms with Crippen molar-refractivity contribution in [2.24, 2.45) is 0 Å². The quantitative estimate of drug-likeness (QED) is 0.321. The van der Waals surface area contributed by atoms with Crippen molar-refractivity contribution in [1.82, 2.24) is 0 Å². The van der Waals surface area contributed by atoms with Crippen molar-refractivity contribution in [3.8, 4) is 17.2 Å². The molecule has 0 atom stereocenters. The molecule has 8 heteroatoms. The van der Waals surface area contributed by atoms with Gasteiger partial charge >= 0.3 is 0 Å². The average molecular weight is 274 g/mol. The second kappa shape index (κ2) is 4.67. The smallest absolute Gasteiger partial charge is 0.298 e. The summed E-state index contributed by atoms with van der Waals surface area (Å²) in [4.78, 5) is 9.94. The lowest BCUT2D eigenvalue weighted by molar-refractivity contribution is -0.115. The summed E-state index contributed by atoms with van der Waals surface area (Å²) in [5, 5.41) is 18.5. The molecule has 0 heterocycles. The molecule has 98 valence electrons. The Labute approximate surface area is 103 Å². The van der Waals surface area contributed by atoms with Crippen LogP contribution in [-0.4, -0.2) is 29.0 Å². The highest BCUT2D eigenvalue weighted by atomic mass is 32.2. The van der Waals surface area contributed by atoms with Gasteiger partial charge in [0.15, 0.2) is 23.0 Å². The number of carbonyl (C=O) groups excluding carboxylic acids is 1. The molecule has 18 heavy (non-hydrogen) atoms. The van der Waals surface area contributed by atoms with E-state index in [1.165, 1.54) is 6.92 Å². The molecule has 0 fully saturated rings. The van der Waals surface area contributed by atoms with Crippen molar-refractivity contribution in [3.63, 3.8) is 0 Å². The fourth-order valence-electron chi connectivity index (χ4n) is 1.04. The number of aromatic hydroxyl groups is 2. The minimum Gasteiger partial charge on any atom is -0.504 e. The van der Waals surface area contributed by atoms with Crippen LogP contribution in [0.1, 0.15) is 6.92 Å². The molecule has 0 aliphatic carbocycles. The number of rotatable bonds is 4. The van der Waals surface area contributed by atoms with E-state index in [0.717, 1.165) is 12.1 Å². The summed E-state index contributed by atoms with van der Waals surface area (Å²) in [5.74, 6) is -2.90. The van der Waals surface area contributed by atoms with Gasteiger partial charge in [-0.2, -0.15) is 8.42 Å². The highest BCUT2D eigenvalue weighted by Gasteiger charge is 2.21. The Morgan fingerprint density at radius 2 is 1.89 bits per heavy atom. The Balaban J connectivity index is 3.30. The van der Waals surface area contributed by atoms with E-state index in [1.54, 1.807) is 0 Å². The molecule has 0 spiro atoms. The van der Waals surface area contributed by atoms with Gasteiger partial charge < -0.3 is 14.9 Å². The van der Waals surface area contributed by atoms with Crippen LogP contribution in [-0.2, 0) is 14.9 Å². The number of phenolic OH excluding ortho intramolecular Hbond substituents is 2. The topological polar surface area (TPSA) is 121 Å². The monoisotopic (exact) mass is 274 g/mol. The molecule has 0 saturated carbocycles. The minimum atomic E-state index is -4.74. The van der Waals surface area contributed by atoms with E-state index < -0.39 is 32.3 Å². The van der Waals surface area contributed by atoms with Crippen LogP contribution >= 0.6 is 0 Å². The maximum Gasteiger partial charge on any atom is 0.298 e. The number of hydrogen-bond acceptors (Lipinski definition) is 6. The van der Waals surface area contributed by atoms with Crippen molar-refractivity contribution in [2.45, 2.75) is 11.8 Å². The highest BCUT2D eigenvalue weighted by molar-refractivity contribution is 7.86. The van der Waals surface area contributed by atoms with Crippen LogP contribution in [0, 0.1) is 0 Å². The Hall–Kier alpha value is -2.06. The van der Waals surface area contributed by atoms with Gasteiger partial charge in [0.1, 0.15) is 10.6 Å². The molecule has 0 aromatic heterocycles. The number of phenols is 2. The maximum absolute atomic E-state index is 10.9. The molecule has 1 aromatic rings. The summed E-state index contributed by atoms with van der Waals surface area (Å²) in [6, 6.07) is 1.62. The molecule has 7 nitrogen and oxygen atoms in total. The molecule has 1 rings (SSSR count). The van der Waals surface area contributed by atoms with Gasteiger partial charge in [0, 0.05) is 19.1 Å². The van der Waals surface area contributed by atoms with Crippen LogP contribution < -0.4 is 4.74 Å².